The average Bonchev–Trinajstić information content (AvgIpc) is 3.22. The molecule has 1 unspecified atom stereocenters. The first-order chi connectivity index (χ1) is 9.28. The van der Waals surface area contributed by atoms with E-state index >= 15 is 0 Å². The van der Waals surface area contributed by atoms with Crippen LogP contribution >= 0.6 is 0 Å². The first-order valence-electron chi connectivity index (χ1n) is 7.72. The lowest BCUT2D eigenvalue weighted by atomic mass is 9.92. The van der Waals surface area contributed by atoms with Crippen molar-refractivity contribution in [1.29, 1.82) is 0 Å². The van der Waals surface area contributed by atoms with Crippen molar-refractivity contribution >= 4 is 5.97 Å². The van der Waals surface area contributed by atoms with E-state index in [1.807, 2.05) is 6.92 Å². The van der Waals surface area contributed by atoms with Gasteiger partial charge in [-0.05, 0) is 46.0 Å². The fraction of sp³-hybridized carbons (Fsp3) is 0.938. The van der Waals surface area contributed by atoms with Gasteiger partial charge in [-0.25, -0.2) is 4.79 Å². The van der Waals surface area contributed by atoms with E-state index in [0.29, 0.717) is 12.0 Å². The van der Waals surface area contributed by atoms with E-state index in [4.69, 9.17) is 14.2 Å². The van der Waals surface area contributed by atoms with E-state index in [9.17, 15) is 4.79 Å². The summed E-state index contributed by atoms with van der Waals surface area (Å²) in [6, 6.07) is 0. The van der Waals surface area contributed by atoms with Crippen molar-refractivity contribution in [2.75, 3.05) is 7.11 Å². The van der Waals surface area contributed by atoms with Crippen molar-refractivity contribution in [3.63, 3.8) is 0 Å². The predicted molar refractivity (Wildman–Crippen MR) is 76.5 cm³/mol. The second kappa shape index (κ2) is 5.64. The Morgan fingerprint density at radius 2 is 1.90 bits per heavy atom. The molecule has 20 heavy (non-hydrogen) atoms. The van der Waals surface area contributed by atoms with Gasteiger partial charge in [0.1, 0.15) is 5.60 Å². The van der Waals surface area contributed by atoms with Gasteiger partial charge in [-0.3, -0.25) is 0 Å². The minimum Gasteiger partial charge on any atom is -0.467 e. The Kier molecular flexibility index (Phi) is 4.45. The third-order valence-electron chi connectivity index (χ3n) is 4.76. The summed E-state index contributed by atoms with van der Waals surface area (Å²) in [5.74, 6) is 0.461. The third-order valence-corrected chi connectivity index (χ3v) is 4.76. The molecule has 0 bridgehead atoms. The summed E-state index contributed by atoms with van der Waals surface area (Å²) in [6.07, 6.45) is 5.70. The summed E-state index contributed by atoms with van der Waals surface area (Å²) in [6.45, 7) is 8.60. The number of carbonyl (C=O) groups is 1. The van der Waals surface area contributed by atoms with Gasteiger partial charge >= 0.3 is 5.97 Å². The SMILES string of the molecule is COC(=O)[C@@H]1O[C@@]1(C)CCC[C@H](C)CCC1OC1(C)C. The Labute approximate surface area is 122 Å². The van der Waals surface area contributed by atoms with Gasteiger partial charge in [0.05, 0.1) is 18.8 Å². The van der Waals surface area contributed by atoms with E-state index in [0.717, 1.165) is 19.3 Å². The molecule has 4 heteroatoms. The van der Waals surface area contributed by atoms with Gasteiger partial charge in [0.15, 0.2) is 6.10 Å². The molecule has 4 nitrogen and oxygen atoms in total. The molecule has 0 aromatic rings. The molecular weight excluding hydrogens is 256 g/mol. The van der Waals surface area contributed by atoms with Gasteiger partial charge in [0.25, 0.3) is 0 Å². The van der Waals surface area contributed by atoms with Crippen molar-refractivity contribution in [2.45, 2.75) is 83.2 Å². The van der Waals surface area contributed by atoms with Crippen LogP contribution in [-0.4, -0.2) is 36.5 Å². The number of esters is 1. The minimum absolute atomic E-state index is 0.114. The van der Waals surface area contributed by atoms with Gasteiger partial charge in [-0.15, -0.1) is 0 Å². The minimum atomic E-state index is -0.344. The zero-order valence-electron chi connectivity index (χ0n) is 13.4. The third kappa shape index (κ3) is 3.73. The van der Waals surface area contributed by atoms with Crippen LogP contribution in [0.25, 0.3) is 0 Å². The highest BCUT2D eigenvalue weighted by atomic mass is 16.6. The van der Waals surface area contributed by atoms with Crippen molar-refractivity contribution in [3.05, 3.63) is 0 Å². The molecule has 0 radical (unpaired) electrons. The van der Waals surface area contributed by atoms with Crippen LogP contribution in [0.1, 0.15) is 59.8 Å². The predicted octanol–water partition coefficient (Wildman–Crippen LogP) is 3.08. The summed E-state index contributed by atoms with van der Waals surface area (Å²) in [5, 5.41) is 0. The fourth-order valence-electron chi connectivity index (χ4n) is 2.95. The molecule has 4 atom stereocenters. The highest BCUT2D eigenvalue weighted by Crippen LogP contribution is 2.42. The number of hydrogen-bond acceptors (Lipinski definition) is 4. The first-order valence-corrected chi connectivity index (χ1v) is 7.72. The molecule has 2 rings (SSSR count). The van der Waals surface area contributed by atoms with Crippen LogP contribution in [0, 0.1) is 5.92 Å². The summed E-state index contributed by atoms with van der Waals surface area (Å²) < 4.78 is 15.8. The molecule has 2 saturated heterocycles. The van der Waals surface area contributed by atoms with Crippen molar-refractivity contribution < 1.29 is 19.0 Å². The molecule has 0 aromatic heterocycles. The Morgan fingerprint density at radius 1 is 1.25 bits per heavy atom. The van der Waals surface area contributed by atoms with Gasteiger partial charge < -0.3 is 14.2 Å². The van der Waals surface area contributed by atoms with Crippen molar-refractivity contribution in [3.8, 4) is 0 Å². The van der Waals surface area contributed by atoms with E-state index in [2.05, 4.69) is 20.8 Å². The van der Waals surface area contributed by atoms with E-state index < -0.39 is 0 Å². The number of ether oxygens (including phenoxy) is 3. The number of hydrogen-bond donors (Lipinski definition) is 0. The molecule has 0 aliphatic carbocycles. The van der Waals surface area contributed by atoms with Crippen LogP contribution in [0.3, 0.4) is 0 Å². The standard InChI is InChI=1S/C16H28O4/c1-11(8-9-12-15(2,3)19-12)7-6-10-16(4)13(20-16)14(17)18-5/h11-13H,6-10H2,1-5H3/t11-,12?,13-,16-/m0/s1. The van der Waals surface area contributed by atoms with Crippen LogP contribution < -0.4 is 0 Å². The zero-order valence-corrected chi connectivity index (χ0v) is 13.4. The zero-order chi connectivity index (χ0) is 15.0. The van der Waals surface area contributed by atoms with E-state index in [1.54, 1.807) is 0 Å². The van der Waals surface area contributed by atoms with Crippen LogP contribution in [-0.2, 0) is 19.0 Å². The second-order valence-corrected chi connectivity index (χ2v) is 7.12. The molecule has 0 amide bonds. The second-order valence-electron chi connectivity index (χ2n) is 7.12. The highest BCUT2D eigenvalue weighted by Gasteiger charge is 2.57. The normalized spacial score (nSPS) is 35.5. The molecule has 0 aromatic carbocycles. The lowest BCUT2D eigenvalue weighted by Crippen LogP contribution is -2.19. The van der Waals surface area contributed by atoms with Gasteiger partial charge in [-0.2, -0.15) is 0 Å². The molecule has 0 saturated carbocycles. The molecule has 116 valence electrons. The number of carbonyl (C=O) groups excluding carboxylic acids is 1. The lowest BCUT2D eigenvalue weighted by Gasteiger charge is -2.12. The first kappa shape index (κ1) is 15.8. The summed E-state index contributed by atoms with van der Waals surface area (Å²) >= 11 is 0. The fourth-order valence-corrected chi connectivity index (χ4v) is 2.95. The maximum absolute atomic E-state index is 11.4. The van der Waals surface area contributed by atoms with Crippen molar-refractivity contribution in [2.24, 2.45) is 5.92 Å². The van der Waals surface area contributed by atoms with Crippen molar-refractivity contribution in [1.82, 2.24) is 0 Å². The Morgan fingerprint density at radius 3 is 2.45 bits per heavy atom. The van der Waals surface area contributed by atoms with Gasteiger partial charge in [0.2, 0.25) is 0 Å². The van der Waals surface area contributed by atoms with Gasteiger partial charge in [-0.1, -0.05) is 19.8 Å². The lowest BCUT2D eigenvalue weighted by molar-refractivity contribution is -0.142. The largest absolute Gasteiger partial charge is 0.467 e. The maximum atomic E-state index is 11.4. The summed E-state index contributed by atoms with van der Waals surface area (Å²) in [7, 11) is 1.41. The Bertz CT molecular complexity index is 365. The van der Waals surface area contributed by atoms with Gasteiger partial charge in [0, 0.05) is 0 Å². The van der Waals surface area contributed by atoms with Crippen LogP contribution in [0.2, 0.25) is 0 Å². The smallest absolute Gasteiger partial charge is 0.338 e. The van der Waals surface area contributed by atoms with Crippen LogP contribution in [0.5, 0.6) is 0 Å². The molecule has 2 heterocycles. The van der Waals surface area contributed by atoms with E-state index in [-0.39, 0.29) is 23.3 Å². The monoisotopic (exact) mass is 284 g/mol. The molecular formula is C16H28O4. The number of epoxide rings is 2. The topological polar surface area (TPSA) is 51.4 Å². The summed E-state index contributed by atoms with van der Waals surface area (Å²) in [4.78, 5) is 11.4. The average molecular weight is 284 g/mol. The molecule has 2 aliphatic heterocycles. The Hall–Kier alpha value is -0.610. The molecule has 0 spiro atoms. The maximum Gasteiger partial charge on any atom is 0.338 e. The molecule has 2 fully saturated rings. The highest BCUT2D eigenvalue weighted by molar-refractivity contribution is 5.79. The quantitative estimate of drug-likeness (QED) is 0.508. The number of rotatable bonds is 8. The summed E-state index contributed by atoms with van der Waals surface area (Å²) in [5.41, 5.74) is -0.169. The van der Waals surface area contributed by atoms with Crippen LogP contribution in [0.15, 0.2) is 0 Å². The molecule has 2 aliphatic rings. The number of methoxy groups -OCH3 is 1. The Balaban J connectivity index is 1.56. The van der Waals surface area contributed by atoms with Crippen LogP contribution in [0.4, 0.5) is 0 Å². The molecule has 0 N–H and O–H groups in total. The van der Waals surface area contributed by atoms with E-state index in [1.165, 1.54) is 20.0 Å².